The summed E-state index contributed by atoms with van der Waals surface area (Å²) in [6.45, 7) is 3.65. The lowest BCUT2D eigenvalue weighted by Gasteiger charge is -2.26. The van der Waals surface area contributed by atoms with Gasteiger partial charge in [0.2, 0.25) is 5.95 Å². The van der Waals surface area contributed by atoms with Gasteiger partial charge in [-0.2, -0.15) is 0 Å². The van der Waals surface area contributed by atoms with Gasteiger partial charge in [-0.15, -0.1) is 23.1 Å². The van der Waals surface area contributed by atoms with Gasteiger partial charge in [-0.1, -0.05) is 0 Å². The van der Waals surface area contributed by atoms with E-state index in [0.717, 1.165) is 60.2 Å². The smallest absolute Gasteiger partial charge is 0.266 e. The summed E-state index contributed by atoms with van der Waals surface area (Å²) in [7, 11) is 0. The van der Waals surface area contributed by atoms with E-state index in [4.69, 9.17) is 15.7 Å². The predicted octanol–water partition coefficient (Wildman–Crippen LogP) is 3.22. The summed E-state index contributed by atoms with van der Waals surface area (Å²) in [4.78, 5) is 27.9. The second-order valence-electron chi connectivity index (χ2n) is 6.60. The number of nitrogens with two attached hydrogens (primary N) is 1. The van der Waals surface area contributed by atoms with Gasteiger partial charge in [0.15, 0.2) is 0 Å². The first-order valence-electron chi connectivity index (χ1n) is 8.87. The fraction of sp³-hybridized carbons (Fsp3) is 0.588. The number of thioether (sulfide) groups is 1. The van der Waals surface area contributed by atoms with Gasteiger partial charge in [0.1, 0.15) is 14.7 Å². The zero-order valence-electron chi connectivity index (χ0n) is 14.5. The van der Waals surface area contributed by atoms with Crippen LogP contribution in [0.2, 0.25) is 0 Å². The molecule has 1 amide bonds. The van der Waals surface area contributed by atoms with Crippen molar-refractivity contribution < 1.29 is 4.79 Å². The highest BCUT2D eigenvalue weighted by molar-refractivity contribution is 7.98. The van der Waals surface area contributed by atoms with E-state index in [1.54, 1.807) is 11.8 Å². The normalized spacial score (nSPS) is 18.3. The maximum Gasteiger partial charge on any atom is 0.266 e. The quantitative estimate of drug-likeness (QED) is 0.654. The summed E-state index contributed by atoms with van der Waals surface area (Å²) in [6, 6.07) is 0. The van der Waals surface area contributed by atoms with Crippen LogP contribution < -0.4 is 10.6 Å². The Bertz CT molecular complexity index is 794. The minimum Gasteiger partial charge on any atom is -0.397 e. The molecule has 2 saturated heterocycles. The maximum atomic E-state index is 12.8. The average molecular weight is 378 g/mol. The number of piperidine rings is 1. The number of nitrogens with zero attached hydrogens (tertiary/aromatic N) is 4. The summed E-state index contributed by atoms with van der Waals surface area (Å²) >= 11 is 2.99. The second-order valence-corrected chi connectivity index (χ2v) is 8.40. The molecule has 2 aliphatic rings. The molecule has 0 radical (unpaired) electrons. The van der Waals surface area contributed by atoms with Crippen molar-refractivity contribution in [3.8, 4) is 0 Å². The molecule has 0 aromatic carbocycles. The van der Waals surface area contributed by atoms with E-state index in [1.807, 2.05) is 11.2 Å². The number of aromatic nitrogens is 2. The summed E-state index contributed by atoms with van der Waals surface area (Å²) < 4.78 is 0. The van der Waals surface area contributed by atoms with E-state index in [0.29, 0.717) is 10.6 Å². The molecule has 0 spiro atoms. The lowest BCUT2D eigenvalue weighted by molar-refractivity contribution is 0.0798. The summed E-state index contributed by atoms with van der Waals surface area (Å²) in [5.41, 5.74) is 6.92. The SMILES string of the molecule is CSc1nc(N2CCCCC2)nc2sc(C(=O)N3CCCC3)c(N)c12. The van der Waals surface area contributed by atoms with Crippen LogP contribution >= 0.6 is 23.1 Å². The van der Waals surface area contributed by atoms with Crippen molar-refractivity contribution in [2.24, 2.45) is 0 Å². The maximum absolute atomic E-state index is 12.8. The van der Waals surface area contributed by atoms with Crippen LogP contribution in [0.15, 0.2) is 5.03 Å². The van der Waals surface area contributed by atoms with Gasteiger partial charge >= 0.3 is 0 Å². The minimum atomic E-state index is 0.0459. The molecule has 0 atom stereocenters. The third-order valence-electron chi connectivity index (χ3n) is 4.96. The van der Waals surface area contributed by atoms with Crippen molar-refractivity contribution in [3.63, 3.8) is 0 Å². The number of amides is 1. The van der Waals surface area contributed by atoms with Crippen molar-refractivity contribution in [1.82, 2.24) is 14.9 Å². The van der Waals surface area contributed by atoms with E-state index in [9.17, 15) is 4.79 Å². The molecule has 0 unspecified atom stereocenters. The zero-order valence-corrected chi connectivity index (χ0v) is 16.1. The van der Waals surface area contributed by atoms with Crippen LogP contribution in [-0.2, 0) is 0 Å². The van der Waals surface area contributed by atoms with Crippen molar-refractivity contribution >= 4 is 50.9 Å². The van der Waals surface area contributed by atoms with E-state index in [-0.39, 0.29) is 5.91 Å². The van der Waals surface area contributed by atoms with Crippen LogP contribution in [-0.4, -0.2) is 53.2 Å². The summed E-state index contributed by atoms with van der Waals surface area (Å²) in [5.74, 6) is 0.822. The topological polar surface area (TPSA) is 75.4 Å². The van der Waals surface area contributed by atoms with E-state index in [1.165, 1.54) is 30.6 Å². The lowest BCUT2D eigenvalue weighted by Crippen LogP contribution is -2.31. The Hall–Kier alpha value is -1.54. The van der Waals surface area contributed by atoms with Crippen LogP contribution in [0.25, 0.3) is 10.2 Å². The molecule has 0 bridgehead atoms. The summed E-state index contributed by atoms with van der Waals surface area (Å²) in [6.07, 6.45) is 7.79. The van der Waals surface area contributed by atoms with Gasteiger partial charge in [-0.25, -0.2) is 9.97 Å². The van der Waals surface area contributed by atoms with Crippen LogP contribution in [0.1, 0.15) is 41.8 Å². The molecule has 0 aliphatic carbocycles. The molecule has 8 heteroatoms. The second kappa shape index (κ2) is 6.99. The number of anilines is 2. The first kappa shape index (κ1) is 16.9. The third kappa shape index (κ3) is 3.06. The minimum absolute atomic E-state index is 0.0459. The molecule has 2 aromatic heterocycles. The van der Waals surface area contributed by atoms with Crippen LogP contribution in [0.4, 0.5) is 11.6 Å². The van der Waals surface area contributed by atoms with Gasteiger partial charge in [-0.3, -0.25) is 4.79 Å². The Morgan fingerprint density at radius 2 is 1.76 bits per heavy atom. The van der Waals surface area contributed by atoms with Gasteiger partial charge in [0.05, 0.1) is 11.1 Å². The number of hydrogen-bond donors (Lipinski definition) is 1. The Balaban J connectivity index is 1.76. The Labute approximate surface area is 155 Å². The molecule has 2 aliphatic heterocycles. The Morgan fingerprint density at radius 3 is 2.44 bits per heavy atom. The molecule has 6 nitrogen and oxygen atoms in total. The number of fused-ring (bicyclic) bond motifs is 1. The Kier molecular flexibility index (Phi) is 4.73. The molecule has 2 fully saturated rings. The predicted molar refractivity (Wildman–Crippen MR) is 105 cm³/mol. The van der Waals surface area contributed by atoms with Crippen LogP contribution in [0.5, 0.6) is 0 Å². The Morgan fingerprint density at radius 1 is 1.08 bits per heavy atom. The molecular weight excluding hydrogens is 354 g/mol. The van der Waals surface area contributed by atoms with Crippen molar-refractivity contribution in [3.05, 3.63) is 4.88 Å². The number of thiophene rings is 1. The molecule has 4 rings (SSSR count). The standard InChI is InChI=1S/C17H23N5OS2/c1-24-14-11-12(18)13(16(23)21-7-5-6-8-21)25-15(11)20-17(19-14)22-9-3-2-4-10-22/h2-10,18H2,1H3. The largest absolute Gasteiger partial charge is 0.397 e. The van der Waals surface area contributed by atoms with Crippen LogP contribution in [0, 0.1) is 0 Å². The van der Waals surface area contributed by atoms with E-state index >= 15 is 0 Å². The number of likely N-dealkylation sites (tertiary alicyclic amines) is 1. The number of nitrogen functional groups attached to an aromatic ring is 1. The molecule has 0 saturated carbocycles. The van der Waals surface area contributed by atoms with Crippen LogP contribution in [0.3, 0.4) is 0 Å². The average Bonchev–Trinajstić information content (AvgIpc) is 3.30. The van der Waals surface area contributed by atoms with Gasteiger partial charge in [-0.05, 0) is 38.4 Å². The van der Waals surface area contributed by atoms with E-state index < -0.39 is 0 Å². The number of carbonyl (C=O) groups is 1. The fourth-order valence-electron chi connectivity index (χ4n) is 3.59. The third-order valence-corrected chi connectivity index (χ3v) is 6.73. The molecule has 134 valence electrons. The summed E-state index contributed by atoms with van der Waals surface area (Å²) in [5, 5.41) is 1.72. The highest BCUT2D eigenvalue weighted by Gasteiger charge is 2.27. The monoisotopic (exact) mass is 377 g/mol. The lowest BCUT2D eigenvalue weighted by atomic mass is 10.1. The molecule has 2 N–H and O–H groups in total. The van der Waals surface area contributed by atoms with Crippen molar-refractivity contribution in [2.45, 2.75) is 37.1 Å². The van der Waals surface area contributed by atoms with Gasteiger partial charge in [0.25, 0.3) is 5.91 Å². The van der Waals surface area contributed by atoms with Crippen molar-refractivity contribution in [2.75, 3.05) is 43.1 Å². The zero-order chi connectivity index (χ0) is 17.4. The number of rotatable bonds is 3. The molecular formula is C17H23N5OS2. The number of hydrogen-bond acceptors (Lipinski definition) is 7. The van der Waals surface area contributed by atoms with Gasteiger partial charge < -0.3 is 15.5 Å². The first-order chi connectivity index (χ1) is 12.2. The van der Waals surface area contributed by atoms with Gasteiger partial charge in [0, 0.05) is 26.2 Å². The highest BCUT2D eigenvalue weighted by atomic mass is 32.2. The highest BCUT2D eigenvalue weighted by Crippen LogP contribution is 2.39. The number of carbonyl (C=O) groups excluding carboxylic acids is 1. The fourth-order valence-corrected chi connectivity index (χ4v) is 5.29. The molecule has 4 heterocycles. The van der Waals surface area contributed by atoms with E-state index in [2.05, 4.69) is 4.90 Å². The molecule has 25 heavy (non-hydrogen) atoms. The van der Waals surface area contributed by atoms with Crippen molar-refractivity contribution in [1.29, 1.82) is 0 Å². The molecule has 2 aromatic rings. The first-order valence-corrected chi connectivity index (χ1v) is 10.9.